The summed E-state index contributed by atoms with van der Waals surface area (Å²) in [6, 6.07) is 4.94. The van der Waals surface area contributed by atoms with E-state index in [1.165, 1.54) is 37.2 Å². The van der Waals surface area contributed by atoms with Crippen molar-refractivity contribution in [3.8, 4) is 0 Å². The molecule has 1 saturated heterocycles. The molecule has 5 heteroatoms. The first-order chi connectivity index (χ1) is 10.7. The minimum atomic E-state index is 0.513. The maximum Gasteiger partial charge on any atom is 0.191 e. The van der Waals surface area contributed by atoms with Gasteiger partial charge in [0, 0.05) is 37.0 Å². The van der Waals surface area contributed by atoms with Gasteiger partial charge in [-0.3, -0.25) is 9.89 Å². The third-order valence-corrected chi connectivity index (χ3v) is 5.57. The highest BCUT2D eigenvalue weighted by molar-refractivity contribution is 7.10. The van der Waals surface area contributed by atoms with Crippen molar-refractivity contribution in [3.63, 3.8) is 0 Å². The largest absolute Gasteiger partial charge is 0.356 e. The Balaban J connectivity index is 1.74. The van der Waals surface area contributed by atoms with Gasteiger partial charge in [-0.05, 0) is 43.8 Å². The Morgan fingerprint density at radius 2 is 2.05 bits per heavy atom. The van der Waals surface area contributed by atoms with Crippen LogP contribution in [-0.4, -0.2) is 50.1 Å². The molecule has 1 aromatic rings. The van der Waals surface area contributed by atoms with E-state index in [-0.39, 0.29) is 0 Å². The van der Waals surface area contributed by atoms with Crippen LogP contribution < -0.4 is 10.6 Å². The topological polar surface area (TPSA) is 39.7 Å². The molecule has 124 valence electrons. The van der Waals surface area contributed by atoms with E-state index < -0.39 is 0 Å². The van der Waals surface area contributed by atoms with E-state index in [1.807, 2.05) is 18.4 Å². The van der Waals surface area contributed by atoms with E-state index in [0.717, 1.165) is 19.0 Å². The molecule has 0 spiro atoms. The van der Waals surface area contributed by atoms with Crippen molar-refractivity contribution < 1.29 is 0 Å². The highest BCUT2D eigenvalue weighted by Crippen LogP contribution is 2.19. The molecule has 2 rings (SSSR count). The van der Waals surface area contributed by atoms with Gasteiger partial charge in [-0.25, -0.2) is 0 Å². The van der Waals surface area contributed by atoms with E-state index in [4.69, 9.17) is 0 Å². The predicted molar refractivity (Wildman–Crippen MR) is 97.0 cm³/mol. The zero-order valence-corrected chi connectivity index (χ0v) is 15.0. The standard InChI is InChI=1S/C17H30N4S/c1-4-15(21-9-5-6-10-21)13-20-17(18-3)19-12-14(2)16-8-7-11-22-16/h7-8,11,14-15H,4-6,9-10,12-13H2,1-3H3,(H2,18,19,20). The summed E-state index contributed by atoms with van der Waals surface area (Å²) in [4.78, 5) is 8.38. The molecule has 1 fully saturated rings. The van der Waals surface area contributed by atoms with Gasteiger partial charge in [0.05, 0.1) is 0 Å². The Hall–Kier alpha value is -1.07. The quantitative estimate of drug-likeness (QED) is 0.599. The first-order valence-corrected chi connectivity index (χ1v) is 9.34. The Morgan fingerprint density at radius 1 is 1.32 bits per heavy atom. The second-order valence-electron chi connectivity index (χ2n) is 6.06. The van der Waals surface area contributed by atoms with Crippen LogP contribution in [0.4, 0.5) is 0 Å². The summed E-state index contributed by atoms with van der Waals surface area (Å²) in [5, 5.41) is 9.09. The van der Waals surface area contributed by atoms with E-state index in [2.05, 4.69) is 51.9 Å². The maximum absolute atomic E-state index is 4.35. The van der Waals surface area contributed by atoms with Gasteiger partial charge in [0.25, 0.3) is 0 Å². The smallest absolute Gasteiger partial charge is 0.191 e. The van der Waals surface area contributed by atoms with Crippen molar-refractivity contribution in [2.24, 2.45) is 4.99 Å². The molecule has 1 aromatic heterocycles. The van der Waals surface area contributed by atoms with Crippen LogP contribution in [0.2, 0.25) is 0 Å². The summed E-state index contributed by atoms with van der Waals surface area (Å²) >= 11 is 1.82. The molecule has 0 aliphatic carbocycles. The number of likely N-dealkylation sites (tertiary alicyclic amines) is 1. The van der Waals surface area contributed by atoms with Gasteiger partial charge < -0.3 is 10.6 Å². The second kappa shape index (κ2) is 9.16. The molecule has 2 heterocycles. The van der Waals surface area contributed by atoms with Gasteiger partial charge in [-0.1, -0.05) is 19.9 Å². The first kappa shape index (κ1) is 17.3. The molecule has 0 radical (unpaired) electrons. The third-order valence-electron chi connectivity index (χ3n) is 4.46. The lowest BCUT2D eigenvalue weighted by atomic mass is 10.1. The van der Waals surface area contributed by atoms with E-state index in [9.17, 15) is 0 Å². The lowest BCUT2D eigenvalue weighted by molar-refractivity contribution is 0.236. The number of hydrogen-bond donors (Lipinski definition) is 2. The summed E-state index contributed by atoms with van der Waals surface area (Å²) in [5.41, 5.74) is 0. The predicted octanol–water partition coefficient (Wildman–Crippen LogP) is 2.89. The maximum atomic E-state index is 4.35. The van der Waals surface area contributed by atoms with Crippen molar-refractivity contribution in [1.29, 1.82) is 0 Å². The fourth-order valence-electron chi connectivity index (χ4n) is 3.00. The molecule has 0 amide bonds. The monoisotopic (exact) mass is 322 g/mol. The fourth-order valence-corrected chi connectivity index (χ4v) is 3.78. The first-order valence-electron chi connectivity index (χ1n) is 8.46. The normalized spacial score (nSPS) is 19.1. The average Bonchev–Trinajstić information content (AvgIpc) is 3.23. The van der Waals surface area contributed by atoms with Gasteiger partial charge in [-0.2, -0.15) is 0 Å². The molecule has 4 nitrogen and oxygen atoms in total. The van der Waals surface area contributed by atoms with Crippen LogP contribution >= 0.6 is 11.3 Å². The molecule has 1 aliphatic rings. The number of rotatable bonds is 7. The lowest BCUT2D eigenvalue weighted by Crippen LogP contribution is -2.46. The Morgan fingerprint density at radius 3 is 2.64 bits per heavy atom. The molecule has 0 saturated carbocycles. The molecule has 2 unspecified atom stereocenters. The molecule has 0 bridgehead atoms. The van der Waals surface area contributed by atoms with Crippen LogP contribution in [0.3, 0.4) is 0 Å². The lowest BCUT2D eigenvalue weighted by Gasteiger charge is -2.27. The van der Waals surface area contributed by atoms with Crippen LogP contribution in [0.1, 0.15) is 43.9 Å². The summed E-state index contributed by atoms with van der Waals surface area (Å²) in [6.07, 6.45) is 3.89. The zero-order valence-electron chi connectivity index (χ0n) is 14.1. The molecule has 1 aliphatic heterocycles. The highest BCUT2D eigenvalue weighted by atomic mass is 32.1. The summed E-state index contributed by atoms with van der Waals surface area (Å²) in [5.74, 6) is 1.43. The SMILES string of the molecule is CCC(CNC(=NC)NCC(C)c1cccs1)N1CCCC1. The van der Waals surface area contributed by atoms with Crippen LogP contribution in [0, 0.1) is 0 Å². The number of aliphatic imine (C=N–C) groups is 1. The van der Waals surface area contributed by atoms with Gasteiger partial charge in [0.1, 0.15) is 0 Å². The van der Waals surface area contributed by atoms with Crippen molar-refractivity contribution >= 4 is 17.3 Å². The van der Waals surface area contributed by atoms with E-state index in [1.54, 1.807) is 0 Å². The minimum absolute atomic E-state index is 0.513. The minimum Gasteiger partial charge on any atom is -0.356 e. The fraction of sp³-hybridized carbons (Fsp3) is 0.706. The Labute approximate surface area is 139 Å². The van der Waals surface area contributed by atoms with Crippen molar-refractivity contribution in [3.05, 3.63) is 22.4 Å². The highest BCUT2D eigenvalue weighted by Gasteiger charge is 2.20. The van der Waals surface area contributed by atoms with Gasteiger partial charge >= 0.3 is 0 Å². The van der Waals surface area contributed by atoms with Crippen molar-refractivity contribution in [2.45, 2.75) is 45.1 Å². The second-order valence-corrected chi connectivity index (χ2v) is 7.03. The van der Waals surface area contributed by atoms with Crippen LogP contribution in [0.25, 0.3) is 0 Å². The number of nitrogens with one attached hydrogen (secondary N) is 2. The molecule has 2 atom stereocenters. The number of guanidine groups is 1. The number of hydrogen-bond acceptors (Lipinski definition) is 3. The van der Waals surface area contributed by atoms with Crippen LogP contribution in [-0.2, 0) is 0 Å². The van der Waals surface area contributed by atoms with Crippen molar-refractivity contribution in [1.82, 2.24) is 15.5 Å². The van der Waals surface area contributed by atoms with E-state index in [0.29, 0.717) is 12.0 Å². The van der Waals surface area contributed by atoms with Gasteiger partial charge in [-0.15, -0.1) is 11.3 Å². The van der Waals surface area contributed by atoms with Crippen molar-refractivity contribution in [2.75, 3.05) is 33.2 Å². The number of thiophene rings is 1. The van der Waals surface area contributed by atoms with Crippen LogP contribution in [0.15, 0.2) is 22.5 Å². The molecular weight excluding hydrogens is 292 g/mol. The molecule has 2 N–H and O–H groups in total. The van der Waals surface area contributed by atoms with Gasteiger partial charge in [0.15, 0.2) is 5.96 Å². The van der Waals surface area contributed by atoms with Crippen LogP contribution in [0.5, 0.6) is 0 Å². The molecule has 0 aromatic carbocycles. The van der Waals surface area contributed by atoms with E-state index >= 15 is 0 Å². The Kier molecular flexibility index (Phi) is 7.19. The summed E-state index contributed by atoms with van der Waals surface area (Å²) in [7, 11) is 1.85. The van der Waals surface area contributed by atoms with Gasteiger partial charge in [0.2, 0.25) is 0 Å². The zero-order chi connectivity index (χ0) is 15.8. The average molecular weight is 323 g/mol. The number of nitrogens with zero attached hydrogens (tertiary/aromatic N) is 2. The summed E-state index contributed by atoms with van der Waals surface area (Å²) < 4.78 is 0. The molecule has 22 heavy (non-hydrogen) atoms. The molecular formula is C17H30N4S. The summed E-state index contributed by atoms with van der Waals surface area (Å²) in [6.45, 7) is 8.93. The Bertz CT molecular complexity index is 438. The third kappa shape index (κ3) is 4.99.